The number of ketones is 1. The first-order valence-corrected chi connectivity index (χ1v) is 11.2. The Kier molecular flexibility index (Phi) is 5.11. The molecule has 6 nitrogen and oxygen atoms in total. The number of aryl methyl sites for hydroxylation is 1. The molecule has 0 aliphatic rings. The molecule has 0 aliphatic heterocycles. The molecule has 0 spiro atoms. The van der Waals surface area contributed by atoms with Crippen LogP contribution in [0.15, 0.2) is 82.7 Å². The van der Waals surface area contributed by atoms with E-state index in [4.69, 9.17) is 0 Å². The van der Waals surface area contributed by atoms with E-state index in [0.29, 0.717) is 27.4 Å². The number of hydrogen-bond donors (Lipinski definition) is 0. The van der Waals surface area contributed by atoms with E-state index < -0.39 is 0 Å². The predicted octanol–water partition coefficient (Wildman–Crippen LogP) is 4.63. The molecule has 5 aromatic rings. The number of carbonyl (C=O) groups excluding carboxylic acids is 1. The van der Waals surface area contributed by atoms with Crippen LogP contribution in [0.1, 0.15) is 21.5 Å². The van der Waals surface area contributed by atoms with Gasteiger partial charge in [0.15, 0.2) is 10.9 Å². The van der Waals surface area contributed by atoms with Gasteiger partial charge in [0, 0.05) is 5.56 Å². The second-order valence-electron chi connectivity index (χ2n) is 7.57. The molecule has 2 heterocycles. The van der Waals surface area contributed by atoms with E-state index in [0.717, 1.165) is 16.8 Å². The van der Waals surface area contributed by atoms with E-state index >= 15 is 0 Å². The van der Waals surface area contributed by atoms with Gasteiger partial charge in [-0.1, -0.05) is 66.4 Å². The molecule has 0 N–H and O–H groups in total. The van der Waals surface area contributed by atoms with Gasteiger partial charge in [0.2, 0.25) is 5.78 Å². The Morgan fingerprint density at radius 1 is 0.906 bits per heavy atom. The van der Waals surface area contributed by atoms with Crippen LogP contribution in [-0.4, -0.2) is 30.7 Å². The van der Waals surface area contributed by atoms with Crippen molar-refractivity contribution in [1.29, 1.82) is 0 Å². The third kappa shape index (κ3) is 3.31. The average Bonchev–Trinajstić information content (AvgIpc) is 3.24. The van der Waals surface area contributed by atoms with Crippen molar-refractivity contribution in [2.45, 2.75) is 19.0 Å². The van der Waals surface area contributed by atoms with Gasteiger partial charge in [0.05, 0.1) is 22.3 Å². The Bertz CT molecular complexity index is 1540. The monoisotopic (exact) mass is 440 g/mol. The Morgan fingerprint density at radius 2 is 1.66 bits per heavy atom. The Balaban J connectivity index is 1.69. The molecule has 32 heavy (non-hydrogen) atoms. The van der Waals surface area contributed by atoms with Crippen LogP contribution < -0.4 is 5.56 Å². The van der Waals surface area contributed by atoms with Gasteiger partial charge in [0.25, 0.3) is 5.56 Å². The van der Waals surface area contributed by atoms with Crippen LogP contribution in [0.25, 0.3) is 22.4 Å². The fourth-order valence-corrected chi connectivity index (χ4v) is 4.64. The zero-order valence-electron chi connectivity index (χ0n) is 17.6. The summed E-state index contributed by atoms with van der Waals surface area (Å²) in [5.74, 6) is 0.665. The number of carbonyl (C=O) groups is 1. The van der Waals surface area contributed by atoms with Gasteiger partial charge in [-0.2, -0.15) is 0 Å². The lowest BCUT2D eigenvalue weighted by molar-refractivity contribution is 0.102. The van der Waals surface area contributed by atoms with E-state index in [9.17, 15) is 9.59 Å². The van der Waals surface area contributed by atoms with Crippen molar-refractivity contribution < 1.29 is 4.79 Å². The summed E-state index contributed by atoms with van der Waals surface area (Å²) in [6.07, 6.45) is 0. The first-order valence-electron chi connectivity index (χ1n) is 10.2. The van der Waals surface area contributed by atoms with Crippen LogP contribution >= 0.6 is 11.8 Å². The largest absolute Gasteiger partial charge is 0.293 e. The Hall–Kier alpha value is -3.71. The minimum Gasteiger partial charge on any atom is -0.293 e. The van der Waals surface area contributed by atoms with Crippen LogP contribution in [0, 0.1) is 13.8 Å². The number of hydrogen-bond acceptors (Lipinski definition) is 5. The van der Waals surface area contributed by atoms with Crippen molar-refractivity contribution in [2.24, 2.45) is 0 Å². The lowest BCUT2D eigenvalue weighted by Gasteiger charge is -2.14. The number of aromatic nitrogens is 4. The topological polar surface area (TPSA) is 69.3 Å². The van der Waals surface area contributed by atoms with Gasteiger partial charge in [-0.15, -0.1) is 10.2 Å². The minimum atomic E-state index is -0.147. The van der Waals surface area contributed by atoms with Crippen molar-refractivity contribution in [2.75, 3.05) is 5.75 Å². The van der Waals surface area contributed by atoms with Crippen LogP contribution in [-0.2, 0) is 0 Å². The summed E-state index contributed by atoms with van der Waals surface area (Å²) in [5, 5.41) is 9.86. The SMILES string of the molecule is Cc1cccc(-n2c(=O)c3ccccc3n3c(SCC(=O)c4ccccc4)nnc23)c1C. The number of Topliss-reactive ketones (excluding diaryl/α,β-unsaturated/α-hetero) is 1. The third-order valence-electron chi connectivity index (χ3n) is 5.64. The average molecular weight is 441 g/mol. The van der Waals surface area contributed by atoms with E-state index in [2.05, 4.69) is 10.2 Å². The molecule has 0 aliphatic carbocycles. The molecule has 5 rings (SSSR count). The summed E-state index contributed by atoms with van der Waals surface area (Å²) >= 11 is 1.32. The highest BCUT2D eigenvalue weighted by molar-refractivity contribution is 7.99. The van der Waals surface area contributed by atoms with Gasteiger partial charge >= 0.3 is 0 Å². The van der Waals surface area contributed by atoms with E-state index in [1.54, 1.807) is 16.7 Å². The molecule has 0 saturated heterocycles. The number of para-hydroxylation sites is 1. The third-order valence-corrected chi connectivity index (χ3v) is 6.57. The molecule has 3 aromatic carbocycles. The van der Waals surface area contributed by atoms with Crippen LogP contribution in [0.5, 0.6) is 0 Å². The van der Waals surface area contributed by atoms with Crippen LogP contribution in [0.2, 0.25) is 0 Å². The number of nitrogens with zero attached hydrogens (tertiary/aromatic N) is 4. The standard InChI is InChI=1S/C25H20N4O2S/c1-16-9-8-14-20(17(16)2)28-23(31)19-12-6-7-13-21(19)29-24(28)26-27-25(29)32-15-22(30)18-10-4-3-5-11-18/h3-14H,15H2,1-2H3. The lowest BCUT2D eigenvalue weighted by Crippen LogP contribution is -2.22. The Labute approximate surface area is 188 Å². The van der Waals surface area contributed by atoms with Crippen LogP contribution in [0.4, 0.5) is 0 Å². The van der Waals surface area contributed by atoms with Gasteiger partial charge in [-0.3, -0.25) is 14.0 Å². The predicted molar refractivity (Wildman–Crippen MR) is 127 cm³/mol. The number of fused-ring (bicyclic) bond motifs is 3. The van der Waals surface area contributed by atoms with E-state index in [1.807, 2.05) is 78.9 Å². The summed E-state index contributed by atoms with van der Waals surface area (Å²) in [6.45, 7) is 4.01. The van der Waals surface area contributed by atoms with Gasteiger partial charge < -0.3 is 0 Å². The Morgan fingerprint density at radius 3 is 2.47 bits per heavy atom. The zero-order valence-corrected chi connectivity index (χ0v) is 18.5. The molecule has 0 radical (unpaired) electrons. The molecule has 2 aromatic heterocycles. The minimum absolute atomic E-state index is 0.0134. The quantitative estimate of drug-likeness (QED) is 0.295. The fraction of sp³-hybridized carbons (Fsp3) is 0.120. The first-order chi connectivity index (χ1) is 15.6. The van der Waals surface area contributed by atoms with Crippen molar-refractivity contribution in [3.8, 4) is 5.69 Å². The van der Waals surface area contributed by atoms with E-state index in [-0.39, 0.29) is 17.1 Å². The van der Waals surface area contributed by atoms with Crippen molar-refractivity contribution in [1.82, 2.24) is 19.2 Å². The van der Waals surface area contributed by atoms with Crippen molar-refractivity contribution >= 4 is 34.2 Å². The van der Waals surface area contributed by atoms with Gasteiger partial charge in [0.1, 0.15) is 0 Å². The molecular formula is C25H20N4O2S. The lowest BCUT2D eigenvalue weighted by atomic mass is 10.1. The normalized spacial score (nSPS) is 11.3. The van der Waals surface area contributed by atoms with Crippen LogP contribution in [0.3, 0.4) is 0 Å². The second-order valence-corrected chi connectivity index (χ2v) is 8.52. The number of thioether (sulfide) groups is 1. The number of benzene rings is 3. The maximum Gasteiger partial charge on any atom is 0.267 e. The zero-order chi connectivity index (χ0) is 22.2. The molecule has 0 bridgehead atoms. The second kappa shape index (κ2) is 8.09. The number of rotatable bonds is 5. The summed E-state index contributed by atoms with van der Waals surface area (Å²) in [6, 6.07) is 22.5. The van der Waals surface area contributed by atoms with Crippen molar-refractivity contribution in [3.05, 3.63) is 99.8 Å². The van der Waals surface area contributed by atoms with Crippen molar-refractivity contribution in [3.63, 3.8) is 0 Å². The van der Waals surface area contributed by atoms with Gasteiger partial charge in [-0.25, -0.2) is 4.57 Å². The molecule has 0 amide bonds. The molecular weight excluding hydrogens is 420 g/mol. The molecule has 0 unspecified atom stereocenters. The maximum atomic E-state index is 13.5. The van der Waals surface area contributed by atoms with E-state index in [1.165, 1.54) is 11.8 Å². The highest BCUT2D eigenvalue weighted by Gasteiger charge is 2.20. The fourth-order valence-electron chi connectivity index (χ4n) is 3.80. The highest BCUT2D eigenvalue weighted by Crippen LogP contribution is 2.25. The summed E-state index contributed by atoms with van der Waals surface area (Å²) in [4.78, 5) is 26.1. The van der Waals surface area contributed by atoms with Gasteiger partial charge in [-0.05, 0) is 43.2 Å². The summed E-state index contributed by atoms with van der Waals surface area (Å²) in [5.41, 5.74) is 4.09. The summed E-state index contributed by atoms with van der Waals surface area (Å²) in [7, 11) is 0. The first kappa shape index (κ1) is 20.2. The molecule has 158 valence electrons. The molecule has 0 saturated carbocycles. The molecule has 7 heteroatoms. The highest BCUT2D eigenvalue weighted by atomic mass is 32.2. The maximum absolute atomic E-state index is 13.5. The molecule has 0 atom stereocenters. The smallest absolute Gasteiger partial charge is 0.267 e. The summed E-state index contributed by atoms with van der Waals surface area (Å²) < 4.78 is 3.47. The molecule has 0 fully saturated rings.